The highest BCUT2D eigenvalue weighted by Gasteiger charge is 2.39. The first kappa shape index (κ1) is 18.4. The molecule has 2 amide bonds. The van der Waals surface area contributed by atoms with Crippen molar-refractivity contribution in [2.75, 3.05) is 26.7 Å². The number of rotatable bonds is 3. The van der Waals surface area contributed by atoms with Gasteiger partial charge in [0.05, 0.1) is 6.10 Å². The van der Waals surface area contributed by atoms with Crippen molar-refractivity contribution in [3.63, 3.8) is 0 Å². The Labute approximate surface area is 157 Å². The van der Waals surface area contributed by atoms with Gasteiger partial charge >= 0.3 is 0 Å². The van der Waals surface area contributed by atoms with Crippen molar-refractivity contribution in [1.82, 2.24) is 9.80 Å². The number of halogens is 1. The summed E-state index contributed by atoms with van der Waals surface area (Å²) in [6, 6.07) is 6.97. The monoisotopic (exact) mass is 408 g/mol. The van der Waals surface area contributed by atoms with Gasteiger partial charge < -0.3 is 14.5 Å². The van der Waals surface area contributed by atoms with Crippen molar-refractivity contribution < 1.29 is 14.3 Å². The van der Waals surface area contributed by atoms with Gasteiger partial charge in [0.1, 0.15) is 6.04 Å². The number of piperidine rings is 1. The van der Waals surface area contributed by atoms with Crippen LogP contribution in [0.1, 0.15) is 36.5 Å². The summed E-state index contributed by atoms with van der Waals surface area (Å²) in [5.41, 5.74) is 0.630. The predicted octanol–water partition coefficient (Wildman–Crippen LogP) is 2.94. The number of carbonyl (C=O) groups is 2. The average molecular weight is 409 g/mol. The van der Waals surface area contributed by atoms with Crippen molar-refractivity contribution in [2.24, 2.45) is 5.92 Å². The zero-order chi connectivity index (χ0) is 18.0. The standard InChI is InChI=1S/C19H25BrN2O3/c1-13-9-11-21(12-17(13)25-2)19(24)16-4-3-10-22(16)18(23)14-5-7-15(20)8-6-14/h5-8,13,16-17H,3-4,9-12H2,1-2H3/t13-,16+,17-/m1/s1. The fourth-order valence-corrected chi connectivity index (χ4v) is 4.04. The number of methoxy groups -OCH3 is 1. The molecule has 0 N–H and O–H groups in total. The molecule has 5 nitrogen and oxygen atoms in total. The van der Waals surface area contributed by atoms with E-state index in [1.807, 2.05) is 17.0 Å². The van der Waals surface area contributed by atoms with Crippen molar-refractivity contribution >= 4 is 27.7 Å². The summed E-state index contributed by atoms with van der Waals surface area (Å²) < 4.78 is 6.46. The maximum absolute atomic E-state index is 13.0. The lowest BCUT2D eigenvalue weighted by Gasteiger charge is -2.38. The van der Waals surface area contributed by atoms with Crippen LogP contribution in [-0.2, 0) is 9.53 Å². The van der Waals surface area contributed by atoms with Gasteiger partial charge in [-0.3, -0.25) is 9.59 Å². The zero-order valence-corrected chi connectivity index (χ0v) is 16.4. The Balaban J connectivity index is 1.71. The molecule has 1 aromatic rings. The van der Waals surface area contributed by atoms with Crippen molar-refractivity contribution in [1.29, 1.82) is 0 Å². The molecular formula is C19H25BrN2O3. The number of carbonyl (C=O) groups excluding carboxylic acids is 2. The molecule has 0 radical (unpaired) electrons. The smallest absolute Gasteiger partial charge is 0.254 e. The third kappa shape index (κ3) is 3.90. The Kier molecular flexibility index (Phi) is 5.79. The SMILES string of the molecule is CO[C@@H]1CN(C(=O)[C@@H]2CCCN2C(=O)c2ccc(Br)cc2)CC[C@H]1C. The quantitative estimate of drug-likeness (QED) is 0.772. The van der Waals surface area contributed by atoms with Crippen LogP contribution in [0.3, 0.4) is 0 Å². The average Bonchev–Trinajstić information content (AvgIpc) is 3.11. The van der Waals surface area contributed by atoms with E-state index in [0.717, 1.165) is 30.3 Å². The maximum Gasteiger partial charge on any atom is 0.254 e. The van der Waals surface area contributed by atoms with Crippen LogP contribution < -0.4 is 0 Å². The van der Waals surface area contributed by atoms with Gasteiger partial charge in [-0.05, 0) is 49.4 Å². The minimum Gasteiger partial charge on any atom is -0.379 e. The first-order valence-electron chi connectivity index (χ1n) is 8.89. The van der Waals surface area contributed by atoms with E-state index in [-0.39, 0.29) is 24.0 Å². The lowest BCUT2D eigenvalue weighted by molar-refractivity contribution is -0.140. The van der Waals surface area contributed by atoms with Gasteiger partial charge in [0.2, 0.25) is 5.91 Å². The lowest BCUT2D eigenvalue weighted by Crippen LogP contribution is -2.53. The van der Waals surface area contributed by atoms with Gasteiger partial charge in [0, 0.05) is 36.8 Å². The Morgan fingerprint density at radius 2 is 1.88 bits per heavy atom. The fraction of sp³-hybridized carbons (Fsp3) is 0.579. The van der Waals surface area contributed by atoms with E-state index < -0.39 is 0 Å². The van der Waals surface area contributed by atoms with Crippen LogP contribution in [0.15, 0.2) is 28.7 Å². The van der Waals surface area contributed by atoms with Gasteiger partial charge in [-0.15, -0.1) is 0 Å². The molecule has 136 valence electrons. The van der Waals surface area contributed by atoms with Gasteiger partial charge in [0.15, 0.2) is 0 Å². The number of nitrogens with zero attached hydrogens (tertiary/aromatic N) is 2. The summed E-state index contributed by atoms with van der Waals surface area (Å²) >= 11 is 3.38. The number of benzene rings is 1. The Morgan fingerprint density at radius 3 is 2.56 bits per heavy atom. The minimum absolute atomic E-state index is 0.0583. The molecule has 0 bridgehead atoms. The summed E-state index contributed by atoms with van der Waals surface area (Å²) in [6.45, 7) is 4.17. The molecule has 2 aliphatic heterocycles. The van der Waals surface area contributed by atoms with E-state index in [2.05, 4.69) is 22.9 Å². The summed E-state index contributed by atoms with van der Waals surface area (Å²) in [4.78, 5) is 29.5. The van der Waals surface area contributed by atoms with Gasteiger partial charge in [-0.25, -0.2) is 0 Å². The normalized spacial score (nSPS) is 26.8. The second-order valence-electron chi connectivity index (χ2n) is 6.99. The highest BCUT2D eigenvalue weighted by atomic mass is 79.9. The molecule has 0 aliphatic carbocycles. The summed E-state index contributed by atoms with van der Waals surface area (Å²) in [5, 5.41) is 0. The third-order valence-electron chi connectivity index (χ3n) is 5.39. The van der Waals surface area contributed by atoms with E-state index in [1.165, 1.54) is 0 Å². The second-order valence-corrected chi connectivity index (χ2v) is 7.90. The van der Waals surface area contributed by atoms with Crippen molar-refractivity contribution in [2.45, 2.75) is 38.3 Å². The molecule has 2 saturated heterocycles. The Hall–Kier alpha value is -1.40. The summed E-state index contributed by atoms with van der Waals surface area (Å²) in [6.07, 6.45) is 2.63. The molecule has 0 spiro atoms. The molecule has 6 heteroatoms. The van der Waals surface area contributed by atoms with Gasteiger partial charge in [-0.1, -0.05) is 22.9 Å². The number of hydrogen-bond donors (Lipinski definition) is 0. The van der Waals surface area contributed by atoms with Crippen LogP contribution >= 0.6 is 15.9 Å². The molecular weight excluding hydrogens is 384 g/mol. The predicted molar refractivity (Wildman–Crippen MR) is 99.4 cm³/mol. The topological polar surface area (TPSA) is 49.9 Å². The summed E-state index contributed by atoms with van der Waals surface area (Å²) in [5.74, 6) is 0.465. The zero-order valence-electron chi connectivity index (χ0n) is 14.8. The molecule has 0 unspecified atom stereocenters. The number of likely N-dealkylation sites (tertiary alicyclic amines) is 2. The Morgan fingerprint density at radius 1 is 1.16 bits per heavy atom. The minimum atomic E-state index is -0.345. The first-order valence-corrected chi connectivity index (χ1v) is 9.68. The van der Waals surface area contributed by atoms with Gasteiger partial charge in [0.25, 0.3) is 5.91 Å². The van der Waals surface area contributed by atoms with Crippen molar-refractivity contribution in [3.8, 4) is 0 Å². The highest BCUT2D eigenvalue weighted by molar-refractivity contribution is 9.10. The van der Waals surface area contributed by atoms with Crippen LogP contribution in [0.4, 0.5) is 0 Å². The largest absolute Gasteiger partial charge is 0.379 e. The van der Waals surface area contributed by atoms with Crippen LogP contribution in [0, 0.1) is 5.92 Å². The molecule has 0 aromatic heterocycles. The van der Waals surface area contributed by atoms with Crippen LogP contribution in [0.5, 0.6) is 0 Å². The van der Waals surface area contributed by atoms with Crippen LogP contribution in [0.25, 0.3) is 0 Å². The molecule has 25 heavy (non-hydrogen) atoms. The number of amides is 2. The maximum atomic E-state index is 13.0. The number of hydrogen-bond acceptors (Lipinski definition) is 3. The van der Waals surface area contributed by atoms with E-state index in [0.29, 0.717) is 24.6 Å². The summed E-state index contributed by atoms with van der Waals surface area (Å²) in [7, 11) is 1.70. The first-order chi connectivity index (χ1) is 12.0. The van der Waals surface area contributed by atoms with Crippen LogP contribution in [0.2, 0.25) is 0 Å². The molecule has 2 aliphatic rings. The van der Waals surface area contributed by atoms with E-state index in [1.54, 1.807) is 24.1 Å². The number of ether oxygens (including phenoxy) is 1. The molecule has 2 heterocycles. The molecule has 1 aromatic carbocycles. The van der Waals surface area contributed by atoms with Crippen LogP contribution in [-0.4, -0.2) is 60.5 Å². The van der Waals surface area contributed by atoms with E-state index in [4.69, 9.17) is 4.74 Å². The molecule has 0 saturated carbocycles. The Bertz CT molecular complexity index is 634. The third-order valence-corrected chi connectivity index (χ3v) is 5.92. The van der Waals surface area contributed by atoms with E-state index in [9.17, 15) is 9.59 Å². The highest BCUT2D eigenvalue weighted by Crippen LogP contribution is 2.26. The molecule has 3 atom stereocenters. The van der Waals surface area contributed by atoms with Crippen molar-refractivity contribution in [3.05, 3.63) is 34.3 Å². The lowest BCUT2D eigenvalue weighted by atomic mass is 9.95. The van der Waals surface area contributed by atoms with E-state index >= 15 is 0 Å². The second kappa shape index (κ2) is 7.87. The fourth-order valence-electron chi connectivity index (χ4n) is 3.78. The molecule has 3 rings (SSSR count). The molecule has 2 fully saturated rings. The van der Waals surface area contributed by atoms with Gasteiger partial charge in [-0.2, -0.15) is 0 Å².